The van der Waals surface area contributed by atoms with E-state index in [1.807, 2.05) is 48.9 Å². The van der Waals surface area contributed by atoms with Gasteiger partial charge in [-0.3, -0.25) is 14.5 Å². The fourth-order valence-electron chi connectivity index (χ4n) is 6.03. The summed E-state index contributed by atoms with van der Waals surface area (Å²) in [7, 11) is 7.57. The van der Waals surface area contributed by atoms with Gasteiger partial charge in [0, 0.05) is 57.5 Å². The highest BCUT2D eigenvalue weighted by Crippen LogP contribution is 2.47. The van der Waals surface area contributed by atoms with Crippen LogP contribution in [0.1, 0.15) is 49.9 Å². The first-order valence-electron chi connectivity index (χ1n) is 14.6. The molecule has 0 radical (unpaired) electrons. The van der Waals surface area contributed by atoms with Crippen LogP contribution in [0.3, 0.4) is 0 Å². The van der Waals surface area contributed by atoms with Crippen molar-refractivity contribution in [2.45, 2.75) is 51.0 Å². The molecule has 11 heteroatoms. The van der Waals surface area contributed by atoms with Gasteiger partial charge in [0.1, 0.15) is 5.82 Å². The second-order valence-electron chi connectivity index (χ2n) is 11.3. The third-order valence-electron chi connectivity index (χ3n) is 8.23. The number of carboxylic acids is 1. The summed E-state index contributed by atoms with van der Waals surface area (Å²) < 4.78 is 18.7. The zero-order chi connectivity index (χ0) is 29.5. The van der Waals surface area contributed by atoms with E-state index < -0.39 is 11.9 Å². The van der Waals surface area contributed by atoms with Gasteiger partial charge in [0.25, 0.3) is 0 Å². The molecule has 2 aromatic rings. The van der Waals surface area contributed by atoms with Crippen LogP contribution >= 0.6 is 0 Å². The monoisotopic (exact) mass is 571 g/mol. The summed E-state index contributed by atoms with van der Waals surface area (Å²) in [4.78, 5) is 37.2. The van der Waals surface area contributed by atoms with E-state index in [0.717, 1.165) is 37.2 Å². The molecule has 0 bridgehead atoms. The van der Waals surface area contributed by atoms with Gasteiger partial charge in [-0.15, -0.1) is 0 Å². The van der Waals surface area contributed by atoms with E-state index in [2.05, 4.69) is 21.7 Å². The molecule has 1 aromatic carbocycles. The quantitative estimate of drug-likeness (QED) is 0.345. The van der Waals surface area contributed by atoms with Crippen LogP contribution < -0.4 is 14.2 Å². The largest absolute Gasteiger partial charge is 0.493 e. The van der Waals surface area contributed by atoms with Crippen molar-refractivity contribution in [3.63, 3.8) is 0 Å². The van der Waals surface area contributed by atoms with Crippen molar-refractivity contribution in [2.75, 3.05) is 60.7 Å². The second-order valence-corrected chi connectivity index (χ2v) is 11.3. The molecule has 3 heterocycles. The van der Waals surface area contributed by atoms with Gasteiger partial charge in [0.05, 0.1) is 19.6 Å². The van der Waals surface area contributed by atoms with Gasteiger partial charge >= 0.3 is 5.97 Å². The Morgan fingerprint density at radius 2 is 1.95 bits per heavy atom. The summed E-state index contributed by atoms with van der Waals surface area (Å²) in [6, 6.07) is 3.37. The lowest BCUT2D eigenvalue weighted by Gasteiger charge is -2.30. The Labute approximate surface area is 243 Å². The normalized spacial score (nSPS) is 20.1. The number of carbonyl (C=O) groups is 2. The number of hydrogen-bond acceptors (Lipinski definition) is 8. The number of benzene rings is 1. The van der Waals surface area contributed by atoms with Crippen LogP contribution in [0.15, 0.2) is 24.5 Å². The molecule has 1 amide bonds. The highest BCUT2D eigenvalue weighted by atomic mass is 16.7. The van der Waals surface area contributed by atoms with Crippen molar-refractivity contribution >= 4 is 11.9 Å². The molecular weight excluding hydrogens is 526 g/mol. The number of unbranched alkanes of at least 4 members (excludes halogenated alkanes) is 1. The van der Waals surface area contributed by atoms with E-state index in [4.69, 9.17) is 14.2 Å². The highest BCUT2D eigenvalue weighted by Gasteiger charge is 2.47. The number of fused-ring (bicyclic) bond motifs is 1. The summed E-state index contributed by atoms with van der Waals surface area (Å²) in [5, 5.41) is 10.6. The molecule has 0 saturated carbocycles. The fraction of sp³-hybridized carbons (Fsp3) is 0.633. The Morgan fingerprint density at radius 3 is 2.61 bits per heavy atom. The number of carboxylic acid groups (broad SMARTS) is 1. The van der Waals surface area contributed by atoms with Gasteiger partial charge < -0.3 is 33.7 Å². The second kappa shape index (κ2) is 14.0. The first kappa shape index (κ1) is 30.6. The molecule has 1 unspecified atom stereocenters. The van der Waals surface area contributed by atoms with Crippen molar-refractivity contribution in [3.8, 4) is 17.2 Å². The maximum Gasteiger partial charge on any atom is 0.308 e. The Kier molecular flexibility index (Phi) is 10.5. The van der Waals surface area contributed by atoms with Crippen LogP contribution in [0.5, 0.6) is 17.2 Å². The van der Waals surface area contributed by atoms with E-state index in [1.54, 1.807) is 13.3 Å². The van der Waals surface area contributed by atoms with Crippen LogP contribution in [0.4, 0.5) is 0 Å². The van der Waals surface area contributed by atoms with E-state index in [9.17, 15) is 14.7 Å². The number of nitrogens with zero attached hydrogens (tertiary/aromatic N) is 5. The molecule has 226 valence electrons. The predicted octanol–water partition coefficient (Wildman–Crippen LogP) is 2.84. The number of rotatable bonds is 15. The molecule has 2 aliphatic heterocycles. The summed E-state index contributed by atoms with van der Waals surface area (Å²) in [6.07, 6.45) is 7.66. The molecule has 0 spiro atoms. The van der Waals surface area contributed by atoms with Gasteiger partial charge in [-0.1, -0.05) is 13.3 Å². The number of carbonyl (C=O) groups excluding carboxylic acids is 1. The lowest BCUT2D eigenvalue weighted by atomic mass is 9.83. The third kappa shape index (κ3) is 7.32. The minimum Gasteiger partial charge on any atom is -0.493 e. The Morgan fingerprint density at radius 1 is 1.17 bits per heavy atom. The molecule has 2 aliphatic rings. The molecule has 0 aliphatic carbocycles. The molecule has 1 fully saturated rings. The van der Waals surface area contributed by atoms with E-state index >= 15 is 0 Å². The third-order valence-corrected chi connectivity index (χ3v) is 8.23. The van der Waals surface area contributed by atoms with Crippen LogP contribution in [0.2, 0.25) is 0 Å². The Bertz CT molecular complexity index is 1180. The van der Waals surface area contributed by atoms with Gasteiger partial charge in [-0.25, -0.2) is 4.98 Å². The molecule has 41 heavy (non-hydrogen) atoms. The first-order valence-corrected chi connectivity index (χ1v) is 14.6. The smallest absolute Gasteiger partial charge is 0.308 e. The molecular formula is C30H45N5O6. The average molecular weight is 572 g/mol. The minimum absolute atomic E-state index is 0.0484. The predicted molar refractivity (Wildman–Crippen MR) is 155 cm³/mol. The number of methoxy groups -OCH3 is 1. The number of aromatic nitrogens is 2. The molecule has 11 nitrogen and oxygen atoms in total. The molecule has 1 saturated heterocycles. The van der Waals surface area contributed by atoms with Crippen LogP contribution in [0, 0.1) is 5.92 Å². The van der Waals surface area contributed by atoms with Crippen molar-refractivity contribution in [3.05, 3.63) is 35.9 Å². The number of ether oxygens (including phenoxy) is 3. The van der Waals surface area contributed by atoms with Crippen LogP contribution in [-0.4, -0.2) is 108 Å². The zero-order valence-corrected chi connectivity index (χ0v) is 25.0. The highest BCUT2D eigenvalue weighted by molar-refractivity contribution is 5.79. The first-order chi connectivity index (χ1) is 19.7. The minimum atomic E-state index is -0.875. The van der Waals surface area contributed by atoms with Crippen LogP contribution in [-0.2, 0) is 23.1 Å². The van der Waals surface area contributed by atoms with Gasteiger partial charge in [-0.2, -0.15) is 0 Å². The molecule has 1 N–H and O–H groups in total. The molecule has 4 rings (SSSR count). The number of amides is 1. The van der Waals surface area contributed by atoms with E-state index in [1.165, 1.54) is 0 Å². The van der Waals surface area contributed by atoms with Gasteiger partial charge in [0.2, 0.25) is 18.4 Å². The molecule has 1 aromatic heterocycles. The maximum absolute atomic E-state index is 13.7. The maximum atomic E-state index is 13.7. The number of imidazole rings is 1. The van der Waals surface area contributed by atoms with Crippen molar-refractivity contribution < 1.29 is 28.9 Å². The van der Waals surface area contributed by atoms with E-state index in [-0.39, 0.29) is 31.2 Å². The number of aliphatic carboxylic acids is 1. The van der Waals surface area contributed by atoms with Gasteiger partial charge in [-0.05, 0) is 57.6 Å². The summed E-state index contributed by atoms with van der Waals surface area (Å²) >= 11 is 0. The van der Waals surface area contributed by atoms with Crippen molar-refractivity contribution in [1.82, 2.24) is 24.3 Å². The molecule has 3 atom stereocenters. The SMILES string of the molecule is CCCCN(CCCN(C)C)C(=O)CN1C[C@H](c2cc(OC)c3c(c2)OCO3)C(C(=O)O)[C@@H]1CCc1nccn1C. The standard InChI is InChI=1S/C30H45N5O6/c1-6-7-13-34(14-8-12-32(2)3)27(36)19-35-18-22(21-16-24(39-5)29-25(17-21)40-20-41-29)28(30(37)38)23(35)9-10-26-31-11-15-33(26)4/h11,15-17,22-23,28H,6-10,12-14,18-20H2,1-5H3,(H,37,38)/t22-,23+,28?/m1/s1. The Hall–Kier alpha value is -3.31. The lowest BCUT2D eigenvalue weighted by Crippen LogP contribution is -2.45. The van der Waals surface area contributed by atoms with Crippen LogP contribution in [0.25, 0.3) is 0 Å². The number of likely N-dealkylation sites (tertiary alicyclic amines) is 1. The lowest BCUT2D eigenvalue weighted by molar-refractivity contribution is -0.143. The topological polar surface area (TPSA) is 110 Å². The Balaban J connectivity index is 1.62. The summed E-state index contributed by atoms with van der Waals surface area (Å²) in [5.74, 6) is 0.594. The number of hydrogen-bond donors (Lipinski definition) is 1. The van der Waals surface area contributed by atoms with Crippen molar-refractivity contribution in [1.29, 1.82) is 0 Å². The number of aryl methyl sites for hydroxylation is 2. The van der Waals surface area contributed by atoms with E-state index in [0.29, 0.717) is 49.7 Å². The van der Waals surface area contributed by atoms with Gasteiger partial charge in [0.15, 0.2) is 11.5 Å². The average Bonchev–Trinajstić information content (AvgIpc) is 3.67. The fourth-order valence-corrected chi connectivity index (χ4v) is 6.03. The summed E-state index contributed by atoms with van der Waals surface area (Å²) in [5.41, 5.74) is 0.810. The zero-order valence-electron chi connectivity index (χ0n) is 25.0. The summed E-state index contributed by atoms with van der Waals surface area (Å²) in [6.45, 7) is 5.14. The van der Waals surface area contributed by atoms with Crippen molar-refractivity contribution in [2.24, 2.45) is 13.0 Å².